The van der Waals surface area contributed by atoms with E-state index in [9.17, 15) is 0 Å². The number of hydrogen-bond donors (Lipinski definition) is 0. The summed E-state index contributed by atoms with van der Waals surface area (Å²) < 4.78 is 3.69. The molecule has 0 atom stereocenters. The molecule has 0 aromatic carbocycles. The third-order valence-electron chi connectivity index (χ3n) is 0.167. The van der Waals surface area contributed by atoms with E-state index < -0.39 is 6.16 Å². The fraction of sp³-hybridized carbons (Fsp3) is 0. The molecular weight excluding hydrogens is 127 g/mol. The largest absolute Gasteiger partial charge is 1.00 e. The van der Waals surface area contributed by atoms with Crippen LogP contribution in [-0.2, 0) is 4.43 Å². The van der Waals surface area contributed by atoms with Crippen molar-refractivity contribution in [3.05, 3.63) is 0 Å². The van der Waals surface area contributed by atoms with Crippen LogP contribution in [0.5, 0.6) is 0 Å². The van der Waals surface area contributed by atoms with Crippen molar-refractivity contribution in [3.63, 3.8) is 0 Å². The first kappa shape index (κ1) is 10.2. The zero-order valence-electron chi connectivity index (χ0n) is 3.72. The molecule has 6 heavy (non-hydrogen) atoms. The van der Waals surface area contributed by atoms with Crippen molar-refractivity contribution in [3.8, 4) is 0 Å². The minimum atomic E-state index is -1.43. The number of hydrogen-bond acceptors (Lipinski definition) is 3. The molecule has 0 aromatic rings. The number of carboxylic acid groups (broad SMARTS) is 1. The van der Waals surface area contributed by atoms with Crippen molar-refractivity contribution < 1.29 is 65.7 Å². The van der Waals surface area contributed by atoms with Gasteiger partial charge in [0, 0.05) is 0 Å². The van der Waals surface area contributed by atoms with Crippen LogP contribution in [0.2, 0.25) is 0 Å². The third kappa shape index (κ3) is 8.93. The maximum Gasteiger partial charge on any atom is 1.00 e. The zero-order valence-corrected chi connectivity index (χ0v) is 8.85. The van der Waals surface area contributed by atoms with Crippen molar-refractivity contribution >= 4 is 16.6 Å². The topological polar surface area (TPSA) is 49.4 Å². The number of carbonyl (C=O) groups excluding carboxylic acids is 1. The molecular formula is CH3KO3Si. The predicted octanol–water partition coefficient (Wildman–Crippen LogP) is -5.37. The van der Waals surface area contributed by atoms with Gasteiger partial charge in [0.05, 0.1) is 0 Å². The second kappa shape index (κ2) is 6.12. The van der Waals surface area contributed by atoms with Gasteiger partial charge in [-0.15, -0.1) is 0 Å². The molecule has 0 N–H and O–H groups in total. The van der Waals surface area contributed by atoms with Crippen LogP contribution in [0.4, 0.5) is 4.79 Å². The fourth-order valence-electron chi connectivity index (χ4n) is 0. The van der Waals surface area contributed by atoms with E-state index >= 15 is 0 Å². The second-order valence-electron chi connectivity index (χ2n) is 0.454. The van der Waals surface area contributed by atoms with Gasteiger partial charge in [-0.05, 0) is 0 Å². The molecule has 0 saturated heterocycles. The Balaban J connectivity index is 0. The summed E-state index contributed by atoms with van der Waals surface area (Å²) in [6.07, 6.45) is -1.43. The second-order valence-corrected chi connectivity index (χ2v) is 0.862. The summed E-state index contributed by atoms with van der Waals surface area (Å²) in [7, 11) is 0.211. The maximum atomic E-state index is 9.07. The van der Waals surface area contributed by atoms with Crippen LogP contribution in [0.25, 0.3) is 0 Å². The van der Waals surface area contributed by atoms with Gasteiger partial charge in [-0.2, -0.15) is 0 Å². The third-order valence-corrected chi connectivity index (χ3v) is 0.500. The minimum absolute atomic E-state index is 0. The molecule has 0 aromatic heterocycles. The molecule has 30 valence electrons. The normalized spacial score (nSPS) is 6.00. The molecule has 0 aliphatic rings. The molecule has 0 heterocycles. The Kier molecular flexibility index (Phi) is 10.4. The first-order valence-corrected chi connectivity index (χ1v) is 1.84. The van der Waals surface area contributed by atoms with E-state index in [0.29, 0.717) is 0 Å². The summed E-state index contributed by atoms with van der Waals surface area (Å²) in [5, 5.41) is 9.07. The van der Waals surface area contributed by atoms with Gasteiger partial charge in [0.1, 0.15) is 10.5 Å². The summed E-state index contributed by atoms with van der Waals surface area (Å²) >= 11 is 0. The van der Waals surface area contributed by atoms with Gasteiger partial charge in [-0.3, -0.25) is 0 Å². The van der Waals surface area contributed by atoms with Gasteiger partial charge in [0.15, 0.2) is 0 Å². The van der Waals surface area contributed by atoms with Gasteiger partial charge in [-0.1, -0.05) is 0 Å². The average molecular weight is 130 g/mol. The van der Waals surface area contributed by atoms with Crippen molar-refractivity contribution in [2.45, 2.75) is 0 Å². The molecule has 0 fully saturated rings. The van der Waals surface area contributed by atoms with Gasteiger partial charge >= 0.3 is 51.4 Å². The van der Waals surface area contributed by atoms with Crippen molar-refractivity contribution in [2.75, 3.05) is 0 Å². The standard InChI is InChI=1S/CH4O3Si.K/c2-1(3)4-5;/h5H3,(H,2,3);/q;+1/p-1. The fourth-order valence-corrected chi connectivity index (χ4v) is 0. The Morgan fingerprint density at radius 2 is 2.00 bits per heavy atom. The van der Waals surface area contributed by atoms with E-state index in [1.165, 1.54) is 0 Å². The monoisotopic (exact) mass is 130 g/mol. The van der Waals surface area contributed by atoms with Crippen molar-refractivity contribution in [1.29, 1.82) is 0 Å². The van der Waals surface area contributed by atoms with E-state index in [4.69, 9.17) is 9.90 Å². The molecule has 0 unspecified atom stereocenters. The van der Waals surface area contributed by atoms with Crippen LogP contribution in [0.3, 0.4) is 0 Å². The van der Waals surface area contributed by atoms with Gasteiger partial charge < -0.3 is 14.3 Å². The summed E-state index contributed by atoms with van der Waals surface area (Å²) in [5.74, 6) is 0. The number of carbonyl (C=O) groups is 1. The molecule has 0 radical (unpaired) electrons. The first-order valence-electron chi connectivity index (χ1n) is 1.02. The molecule has 0 saturated carbocycles. The molecule has 0 aliphatic carbocycles. The van der Waals surface area contributed by atoms with Crippen LogP contribution in [0.1, 0.15) is 0 Å². The van der Waals surface area contributed by atoms with Crippen LogP contribution in [0.15, 0.2) is 0 Å². The summed E-state index contributed by atoms with van der Waals surface area (Å²) in [4.78, 5) is 9.07. The van der Waals surface area contributed by atoms with Crippen LogP contribution in [-0.4, -0.2) is 16.6 Å². The number of rotatable bonds is 0. The van der Waals surface area contributed by atoms with E-state index in [2.05, 4.69) is 4.43 Å². The van der Waals surface area contributed by atoms with Gasteiger partial charge in [0.25, 0.3) is 0 Å². The van der Waals surface area contributed by atoms with Crippen LogP contribution < -0.4 is 56.5 Å². The quantitative estimate of drug-likeness (QED) is 0.308. The van der Waals surface area contributed by atoms with E-state index in [1.807, 2.05) is 0 Å². The summed E-state index contributed by atoms with van der Waals surface area (Å²) in [5.41, 5.74) is 0. The molecule has 0 spiro atoms. The van der Waals surface area contributed by atoms with Gasteiger partial charge in [0.2, 0.25) is 6.16 Å². The summed E-state index contributed by atoms with van der Waals surface area (Å²) in [6, 6.07) is 0. The van der Waals surface area contributed by atoms with E-state index in [0.717, 1.165) is 0 Å². The zero-order chi connectivity index (χ0) is 4.28. The van der Waals surface area contributed by atoms with E-state index in [-0.39, 0.29) is 61.9 Å². The maximum absolute atomic E-state index is 9.07. The first-order chi connectivity index (χ1) is 2.27. The SMILES string of the molecule is O=C([O-])O[SiH3].[K+]. The molecule has 5 heteroatoms. The molecule has 0 amide bonds. The molecule has 3 nitrogen and oxygen atoms in total. The molecule has 0 rings (SSSR count). The summed E-state index contributed by atoms with van der Waals surface area (Å²) in [6.45, 7) is 0. The predicted molar refractivity (Wildman–Crippen MR) is 16.4 cm³/mol. The average Bonchev–Trinajstić information content (AvgIpc) is 1.38. The minimum Gasteiger partial charge on any atom is -0.592 e. The van der Waals surface area contributed by atoms with Crippen molar-refractivity contribution in [1.82, 2.24) is 0 Å². The van der Waals surface area contributed by atoms with Crippen molar-refractivity contribution in [2.24, 2.45) is 0 Å². The van der Waals surface area contributed by atoms with E-state index in [1.54, 1.807) is 0 Å². The Labute approximate surface area is 81.0 Å². The molecule has 0 bridgehead atoms. The Hall–Kier alpha value is 1.12. The Bertz CT molecular complexity index is 46.1. The Morgan fingerprint density at radius 3 is 2.00 bits per heavy atom. The van der Waals surface area contributed by atoms with Gasteiger partial charge in [-0.25, -0.2) is 0 Å². The Morgan fingerprint density at radius 1 is 1.83 bits per heavy atom. The smallest absolute Gasteiger partial charge is 0.592 e. The van der Waals surface area contributed by atoms with Crippen LogP contribution >= 0.6 is 0 Å². The molecule has 0 aliphatic heterocycles. The van der Waals surface area contributed by atoms with Crippen LogP contribution in [0, 0.1) is 0 Å².